The molecule has 0 radical (unpaired) electrons. The highest BCUT2D eigenvalue weighted by Crippen LogP contribution is 2.28. The van der Waals surface area contributed by atoms with Crippen LogP contribution in [0.15, 0.2) is 109 Å². The van der Waals surface area contributed by atoms with E-state index in [9.17, 15) is 0 Å². The third kappa shape index (κ3) is 4.12. The van der Waals surface area contributed by atoms with Crippen molar-refractivity contribution in [3.8, 4) is 45.0 Å². The Hall–Kier alpha value is -4.11. The molecule has 0 fully saturated rings. The van der Waals surface area contributed by atoms with Gasteiger partial charge in [-0.15, -0.1) is 0 Å². The highest BCUT2D eigenvalue weighted by molar-refractivity contribution is 5.73. The van der Waals surface area contributed by atoms with Crippen LogP contribution in [0.2, 0.25) is 0 Å². The van der Waals surface area contributed by atoms with Crippen molar-refractivity contribution in [3.63, 3.8) is 0 Å². The summed E-state index contributed by atoms with van der Waals surface area (Å²) in [5.41, 5.74) is 6.59. The van der Waals surface area contributed by atoms with E-state index in [0.29, 0.717) is 17.5 Å². The van der Waals surface area contributed by atoms with E-state index in [1.807, 2.05) is 67.6 Å². The largest absolute Gasteiger partial charge is 0.213 e. The maximum Gasteiger partial charge on any atom is 0.163 e. The van der Waals surface area contributed by atoms with Crippen molar-refractivity contribution in [1.29, 1.82) is 0 Å². The number of benzene rings is 4. The number of aryl methyl sites for hydroxylation is 1. The van der Waals surface area contributed by atoms with Gasteiger partial charge in [-0.2, -0.15) is 0 Å². The summed E-state index contributed by atoms with van der Waals surface area (Å²) < 4.78 is 0. The van der Waals surface area contributed by atoms with Gasteiger partial charge in [0.1, 0.15) is 5.82 Å². The first kappa shape index (κ1) is 18.9. The third-order valence-electron chi connectivity index (χ3n) is 5.20. The molecule has 5 aromatic rings. The third-order valence-corrected chi connectivity index (χ3v) is 5.20. The van der Waals surface area contributed by atoms with Crippen LogP contribution >= 0.6 is 0 Å². The molecule has 4 aromatic carbocycles. The van der Waals surface area contributed by atoms with Gasteiger partial charge in [0.05, 0.1) is 0 Å². The van der Waals surface area contributed by atoms with Crippen LogP contribution in [0.5, 0.6) is 0 Å². The molecule has 5 rings (SSSR count). The van der Waals surface area contributed by atoms with Crippen LogP contribution in [0.4, 0.5) is 0 Å². The summed E-state index contributed by atoms with van der Waals surface area (Å²) >= 11 is 0. The van der Waals surface area contributed by atoms with Crippen molar-refractivity contribution in [2.45, 2.75) is 6.92 Å². The van der Waals surface area contributed by atoms with E-state index in [4.69, 9.17) is 4.98 Å². The second-order valence-electron chi connectivity index (χ2n) is 7.42. The lowest BCUT2D eigenvalue weighted by molar-refractivity contribution is 0.992. The van der Waals surface area contributed by atoms with Gasteiger partial charge in [0.15, 0.2) is 11.6 Å². The number of hydrogen-bond donors (Lipinski definition) is 0. The molecule has 0 unspecified atom stereocenters. The van der Waals surface area contributed by atoms with Crippen LogP contribution in [-0.4, -0.2) is 15.0 Å². The quantitative estimate of drug-likeness (QED) is 0.332. The summed E-state index contributed by atoms with van der Waals surface area (Å²) in [5, 5.41) is 0. The second kappa shape index (κ2) is 8.33. The van der Waals surface area contributed by atoms with Crippen molar-refractivity contribution in [1.82, 2.24) is 15.0 Å². The Morgan fingerprint density at radius 2 is 0.774 bits per heavy atom. The Morgan fingerprint density at radius 1 is 0.387 bits per heavy atom. The Labute approximate surface area is 182 Å². The van der Waals surface area contributed by atoms with E-state index in [1.165, 1.54) is 11.1 Å². The lowest BCUT2D eigenvalue weighted by atomic mass is 10.0. The molecule has 3 heteroatoms. The second-order valence-corrected chi connectivity index (χ2v) is 7.42. The first-order valence-electron chi connectivity index (χ1n) is 10.3. The molecule has 0 bridgehead atoms. The summed E-state index contributed by atoms with van der Waals surface area (Å²) in [5.74, 6) is 2.08. The lowest BCUT2D eigenvalue weighted by Gasteiger charge is -2.09. The molecular formula is C28H21N3. The van der Waals surface area contributed by atoms with E-state index in [0.717, 1.165) is 22.3 Å². The predicted molar refractivity (Wildman–Crippen MR) is 126 cm³/mol. The zero-order valence-corrected chi connectivity index (χ0v) is 17.2. The van der Waals surface area contributed by atoms with Crippen LogP contribution in [0.3, 0.4) is 0 Å². The number of hydrogen-bond acceptors (Lipinski definition) is 3. The maximum absolute atomic E-state index is 4.82. The van der Waals surface area contributed by atoms with Gasteiger partial charge >= 0.3 is 0 Å². The molecule has 0 saturated heterocycles. The summed E-state index contributed by atoms with van der Waals surface area (Å²) in [6.45, 7) is 1.91. The Morgan fingerprint density at radius 3 is 1.23 bits per heavy atom. The minimum atomic E-state index is 0.686. The average Bonchev–Trinajstić information content (AvgIpc) is 2.85. The van der Waals surface area contributed by atoms with Crippen LogP contribution in [0, 0.1) is 6.92 Å². The first-order chi connectivity index (χ1) is 15.3. The smallest absolute Gasteiger partial charge is 0.163 e. The Bertz CT molecular complexity index is 1230. The van der Waals surface area contributed by atoms with Crippen molar-refractivity contribution < 1.29 is 0 Å². The molecule has 31 heavy (non-hydrogen) atoms. The summed E-state index contributed by atoms with van der Waals surface area (Å²) in [6, 6.07) is 37.4. The highest BCUT2D eigenvalue weighted by atomic mass is 15.0. The van der Waals surface area contributed by atoms with Crippen LogP contribution in [0.25, 0.3) is 45.0 Å². The fourth-order valence-corrected chi connectivity index (χ4v) is 3.68. The van der Waals surface area contributed by atoms with E-state index < -0.39 is 0 Å². The Balaban J connectivity index is 1.56. The molecule has 0 spiro atoms. The van der Waals surface area contributed by atoms with Crippen LogP contribution in [0.1, 0.15) is 5.82 Å². The summed E-state index contributed by atoms with van der Waals surface area (Å²) in [6.07, 6.45) is 0. The number of aromatic nitrogens is 3. The SMILES string of the molecule is Cc1nc(-c2cccc(-c3ccccc3)c2)nc(-c2cccc(-c3ccccc3)c2)n1. The van der Waals surface area contributed by atoms with Crippen molar-refractivity contribution in [2.75, 3.05) is 0 Å². The molecular weight excluding hydrogens is 378 g/mol. The topological polar surface area (TPSA) is 38.7 Å². The molecule has 0 aliphatic rings. The zero-order valence-electron chi connectivity index (χ0n) is 17.2. The fraction of sp³-hybridized carbons (Fsp3) is 0.0357. The normalized spacial score (nSPS) is 10.7. The van der Waals surface area contributed by atoms with Gasteiger partial charge in [-0.3, -0.25) is 0 Å². The van der Waals surface area contributed by atoms with Gasteiger partial charge < -0.3 is 0 Å². The van der Waals surface area contributed by atoms with Gasteiger partial charge in [0.25, 0.3) is 0 Å². The predicted octanol–water partition coefficient (Wildman–Crippen LogP) is 6.85. The zero-order chi connectivity index (χ0) is 21.0. The van der Waals surface area contributed by atoms with Crippen LogP contribution < -0.4 is 0 Å². The monoisotopic (exact) mass is 399 g/mol. The molecule has 0 saturated carbocycles. The molecule has 0 atom stereocenters. The van der Waals surface area contributed by atoms with Crippen LogP contribution in [-0.2, 0) is 0 Å². The molecule has 0 N–H and O–H groups in total. The van der Waals surface area contributed by atoms with E-state index in [2.05, 4.69) is 58.5 Å². The average molecular weight is 399 g/mol. The minimum absolute atomic E-state index is 0.686. The van der Waals surface area contributed by atoms with Crippen molar-refractivity contribution in [3.05, 3.63) is 115 Å². The molecule has 0 aliphatic heterocycles. The van der Waals surface area contributed by atoms with E-state index in [-0.39, 0.29) is 0 Å². The van der Waals surface area contributed by atoms with Gasteiger partial charge in [-0.05, 0) is 41.3 Å². The molecule has 3 nitrogen and oxygen atoms in total. The lowest BCUT2D eigenvalue weighted by Crippen LogP contribution is -1.99. The highest BCUT2D eigenvalue weighted by Gasteiger charge is 2.10. The minimum Gasteiger partial charge on any atom is -0.213 e. The number of nitrogens with zero attached hydrogens (tertiary/aromatic N) is 3. The Kier molecular flexibility index (Phi) is 5.07. The van der Waals surface area contributed by atoms with E-state index in [1.54, 1.807) is 0 Å². The van der Waals surface area contributed by atoms with Gasteiger partial charge in [-0.1, -0.05) is 97.1 Å². The molecule has 1 aromatic heterocycles. The summed E-state index contributed by atoms with van der Waals surface area (Å²) in [4.78, 5) is 14.1. The fourth-order valence-electron chi connectivity index (χ4n) is 3.68. The molecule has 0 aliphatic carbocycles. The van der Waals surface area contributed by atoms with Gasteiger partial charge in [-0.25, -0.2) is 15.0 Å². The molecule has 148 valence electrons. The van der Waals surface area contributed by atoms with Gasteiger partial charge in [0, 0.05) is 11.1 Å². The molecule has 1 heterocycles. The summed E-state index contributed by atoms with van der Waals surface area (Å²) in [7, 11) is 0. The van der Waals surface area contributed by atoms with Gasteiger partial charge in [0.2, 0.25) is 0 Å². The number of rotatable bonds is 4. The van der Waals surface area contributed by atoms with Crippen molar-refractivity contribution in [2.24, 2.45) is 0 Å². The standard InChI is InChI=1S/C28H21N3/c1-20-29-27(25-16-8-14-23(18-25)21-10-4-2-5-11-21)31-28(30-20)26-17-9-15-24(19-26)22-12-6-3-7-13-22/h2-19H,1H3. The maximum atomic E-state index is 4.82. The molecule has 0 amide bonds. The van der Waals surface area contributed by atoms with E-state index >= 15 is 0 Å². The first-order valence-corrected chi connectivity index (χ1v) is 10.3. The van der Waals surface area contributed by atoms with Crippen molar-refractivity contribution >= 4 is 0 Å².